The molecule has 1 aliphatic rings. The third-order valence-corrected chi connectivity index (χ3v) is 5.57. The average molecular weight is 412 g/mol. The SMILES string of the molecule is O=C(NCCCn1cnc2ccccc21)N1CCN(Cc2cccc(Cl)c2)CC1. The second-order valence-electron chi connectivity index (χ2n) is 7.41. The van der Waals surface area contributed by atoms with Crippen LogP contribution in [0.1, 0.15) is 12.0 Å². The van der Waals surface area contributed by atoms with E-state index in [0.717, 1.165) is 61.7 Å². The maximum absolute atomic E-state index is 12.4. The molecule has 1 aliphatic heterocycles. The first-order chi connectivity index (χ1) is 14.2. The highest BCUT2D eigenvalue weighted by Gasteiger charge is 2.20. The van der Waals surface area contributed by atoms with Crippen molar-refractivity contribution in [2.24, 2.45) is 0 Å². The number of hydrogen-bond donors (Lipinski definition) is 1. The van der Waals surface area contributed by atoms with E-state index in [-0.39, 0.29) is 6.03 Å². The minimum atomic E-state index is 0.0305. The Morgan fingerprint density at radius 1 is 1.07 bits per heavy atom. The van der Waals surface area contributed by atoms with Crippen molar-refractivity contribution in [3.63, 3.8) is 0 Å². The Balaban J connectivity index is 1.17. The van der Waals surface area contributed by atoms with Crippen molar-refractivity contribution in [1.29, 1.82) is 0 Å². The van der Waals surface area contributed by atoms with Gasteiger partial charge in [0.05, 0.1) is 17.4 Å². The number of fused-ring (bicyclic) bond motifs is 1. The van der Waals surface area contributed by atoms with Crippen LogP contribution in [0.25, 0.3) is 11.0 Å². The van der Waals surface area contributed by atoms with Gasteiger partial charge in [-0.1, -0.05) is 35.9 Å². The average Bonchev–Trinajstić information content (AvgIpc) is 3.15. The van der Waals surface area contributed by atoms with Crippen molar-refractivity contribution in [3.05, 3.63) is 65.4 Å². The van der Waals surface area contributed by atoms with Crippen LogP contribution in [0.4, 0.5) is 4.79 Å². The molecular weight excluding hydrogens is 386 g/mol. The van der Waals surface area contributed by atoms with Gasteiger partial charge in [0.1, 0.15) is 0 Å². The van der Waals surface area contributed by atoms with Crippen LogP contribution in [0.3, 0.4) is 0 Å². The summed E-state index contributed by atoms with van der Waals surface area (Å²) < 4.78 is 2.14. The molecule has 3 aromatic rings. The molecule has 0 saturated carbocycles. The number of para-hydroxylation sites is 2. The lowest BCUT2D eigenvalue weighted by atomic mass is 10.2. The Bertz CT molecular complexity index is 965. The van der Waals surface area contributed by atoms with Crippen LogP contribution in [0.2, 0.25) is 5.02 Å². The van der Waals surface area contributed by atoms with Crippen molar-refractivity contribution in [2.45, 2.75) is 19.5 Å². The molecule has 0 radical (unpaired) electrons. The zero-order valence-corrected chi connectivity index (χ0v) is 17.2. The summed E-state index contributed by atoms with van der Waals surface area (Å²) in [6.45, 7) is 5.62. The van der Waals surface area contributed by atoms with E-state index in [9.17, 15) is 4.79 Å². The molecule has 29 heavy (non-hydrogen) atoms. The topological polar surface area (TPSA) is 53.4 Å². The third kappa shape index (κ3) is 5.08. The Labute approximate surface area is 176 Å². The van der Waals surface area contributed by atoms with E-state index in [0.29, 0.717) is 6.54 Å². The molecule has 1 N–H and O–H groups in total. The smallest absolute Gasteiger partial charge is 0.317 e. The number of halogens is 1. The van der Waals surface area contributed by atoms with Gasteiger partial charge in [0.2, 0.25) is 0 Å². The van der Waals surface area contributed by atoms with Crippen molar-refractivity contribution < 1.29 is 4.79 Å². The molecular formula is C22H26ClN5O. The summed E-state index contributed by atoms with van der Waals surface area (Å²) >= 11 is 6.06. The number of aryl methyl sites for hydroxylation is 1. The predicted octanol–water partition coefficient (Wildman–Crippen LogP) is 3.61. The van der Waals surface area contributed by atoms with Crippen LogP contribution in [-0.4, -0.2) is 58.1 Å². The van der Waals surface area contributed by atoms with Crippen LogP contribution in [-0.2, 0) is 13.1 Å². The number of urea groups is 1. The van der Waals surface area contributed by atoms with Gasteiger partial charge in [-0.05, 0) is 36.2 Å². The summed E-state index contributed by atoms with van der Waals surface area (Å²) in [5.41, 5.74) is 3.35. The van der Waals surface area contributed by atoms with Gasteiger partial charge in [-0.25, -0.2) is 9.78 Å². The summed E-state index contributed by atoms with van der Waals surface area (Å²) in [6.07, 6.45) is 2.74. The molecule has 1 saturated heterocycles. The minimum absolute atomic E-state index is 0.0305. The number of carbonyl (C=O) groups is 1. The highest BCUT2D eigenvalue weighted by molar-refractivity contribution is 6.30. The molecule has 0 bridgehead atoms. The lowest BCUT2D eigenvalue weighted by Crippen LogP contribution is -2.51. The van der Waals surface area contributed by atoms with Gasteiger partial charge in [-0.2, -0.15) is 0 Å². The van der Waals surface area contributed by atoms with Crippen molar-refractivity contribution in [1.82, 2.24) is 24.7 Å². The van der Waals surface area contributed by atoms with Gasteiger partial charge < -0.3 is 14.8 Å². The van der Waals surface area contributed by atoms with E-state index >= 15 is 0 Å². The number of nitrogens with one attached hydrogen (secondary N) is 1. The Morgan fingerprint density at radius 2 is 1.90 bits per heavy atom. The molecule has 6 nitrogen and oxygen atoms in total. The van der Waals surface area contributed by atoms with Gasteiger partial charge in [0.15, 0.2) is 0 Å². The summed E-state index contributed by atoms with van der Waals surface area (Å²) in [5.74, 6) is 0. The van der Waals surface area contributed by atoms with Gasteiger partial charge in [0.25, 0.3) is 0 Å². The molecule has 1 fully saturated rings. The van der Waals surface area contributed by atoms with Crippen molar-refractivity contribution >= 4 is 28.7 Å². The second kappa shape index (κ2) is 9.29. The normalized spacial score (nSPS) is 15.0. The number of nitrogens with zero attached hydrogens (tertiary/aromatic N) is 4. The fourth-order valence-corrected chi connectivity index (χ4v) is 3.96. The first-order valence-electron chi connectivity index (χ1n) is 10.1. The maximum Gasteiger partial charge on any atom is 0.317 e. The molecule has 0 unspecified atom stereocenters. The number of hydrogen-bond acceptors (Lipinski definition) is 3. The molecule has 2 amide bonds. The first-order valence-corrected chi connectivity index (χ1v) is 10.5. The summed E-state index contributed by atoms with van der Waals surface area (Å²) in [5, 5.41) is 3.82. The van der Waals surface area contributed by atoms with Gasteiger partial charge in [-0.3, -0.25) is 4.90 Å². The predicted molar refractivity (Wildman–Crippen MR) is 116 cm³/mol. The van der Waals surface area contributed by atoms with Crippen LogP contribution in [0.15, 0.2) is 54.9 Å². The number of benzene rings is 2. The quantitative estimate of drug-likeness (QED) is 0.630. The number of piperazine rings is 1. The standard InChI is InChI=1S/C22H26ClN5O/c23-19-6-3-5-18(15-19)16-26-11-13-27(14-12-26)22(29)24-9-4-10-28-17-25-20-7-1-2-8-21(20)28/h1-3,5-8,15,17H,4,9-14,16H2,(H,24,29). The van der Waals surface area contributed by atoms with E-state index in [2.05, 4.69) is 31.9 Å². The van der Waals surface area contributed by atoms with Crippen molar-refractivity contribution in [3.8, 4) is 0 Å². The Kier molecular flexibility index (Phi) is 6.32. The molecule has 0 aliphatic carbocycles. The zero-order valence-electron chi connectivity index (χ0n) is 16.4. The Hall–Kier alpha value is -2.57. The fourth-order valence-electron chi connectivity index (χ4n) is 3.75. The van der Waals surface area contributed by atoms with E-state index in [1.54, 1.807) is 0 Å². The summed E-state index contributed by atoms with van der Waals surface area (Å²) in [6, 6.07) is 16.1. The number of carbonyl (C=O) groups excluding carboxylic acids is 1. The molecule has 1 aromatic heterocycles. The highest BCUT2D eigenvalue weighted by Crippen LogP contribution is 2.14. The molecule has 0 atom stereocenters. The number of aromatic nitrogens is 2. The lowest BCUT2D eigenvalue weighted by molar-refractivity contribution is 0.135. The third-order valence-electron chi connectivity index (χ3n) is 5.33. The minimum Gasteiger partial charge on any atom is -0.338 e. The van der Waals surface area contributed by atoms with Gasteiger partial charge >= 0.3 is 6.03 Å². The van der Waals surface area contributed by atoms with Crippen LogP contribution >= 0.6 is 11.6 Å². The zero-order chi connectivity index (χ0) is 20.1. The molecule has 0 spiro atoms. The summed E-state index contributed by atoms with van der Waals surface area (Å²) in [4.78, 5) is 21.1. The number of amides is 2. The maximum atomic E-state index is 12.4. The van der Waals surface area contributed by atoms with Gasteiger partial charge in [0, 0.05) is 50.8 Å². The largest absolute Gasteiger partial charge is 0.338 e. The number of rotatable bonds is 6. The molecule has 7 heteroatoms. The second-order valence-corrected chi connectivity index (χ2v) is 7.84. The molecule has 2 aromatic carbocycles. The van der Waals surface area contributed by atoms with E-state index in [1.807, 2.05) is 47.6 Å². The lowest BCUT2D eigenvalue weighted by Gasteiger charge is -2.34. The van der Waals surface area contributed by atoms with E-state index in [4.69, 9.17) is 11.6 Å². The van der Waals surface area contributed by atoms with Crippen molar-refractivity contribution in [2.75, 3.05) is 32.7 Å². The fraction of sp³-hybridized carbons (Fsp3) is 0.364. The highest BCUT2D eigenvalue weighted by atomic mass is 35.5. The van der Waals surface area contributed by atoms with Crippen LogP contribution in [0, 0.1) is 0 Å². The molecule has 152 valence electrons. The van der Waals surface area contributed by atoms with E-state index < -0.39 is 0 Å². The first kappa shape index (κ1) is 19.7. The molecule has 4 rings (SSSR count). The summed E-state index contributed by atoms with van der Waals surface area (Å²) in [7, 11) is 0. The van der Waals surface area contributed by atoms with E-state index in [1.165, 1.54) is 5.56 Å². The number of imidazole rings is 1. The molecule has 2 heterocycles. The van der Waals surface area contributed by atoms with Gasteiger partial charge in [-0.15, -0.1) is 0 Å². The van der Waals surface area contributed by atoms with Crippen LogP contribution < -0.4 is 5.32 Å². The van der Waals surface area contributed by atoms with Crippen LogP contribution in [0.5, 0.6) is 0 Å². The monoisotopic (exact) mass is 411 g/mol. The Morgan fingerprint density at radius 3 is 2.72 bits per heavy atom.